The Bertz CT molecular complexity index is 817. The Hall–Kier alpha value is -2.41. The minimum atomic E-state index is -0.301. The van der Waals surface area contributed by atoms with E-state index in [9.17, 15) is 9.59 Å². The number of hydrogen-bond acceptors (Lipinski definition) is 4. The van der Waals surface area contributed by atoms with E-state index in [1.807, 2.05) is 24.1 Å². The van der Waals surface area contributed by atoms with Crippen molar-refractivity contribution in [2.75, 3.05) is 19.6 Å². The number of aromatic nitrogens is 2. The molecule has 2 aliphatic heterocycles. The quantitative estimate of drug-likeness (QED) is 0.847. The highest BCUT2D eigenvalue weighted by Gasteiger charge is 2.44. The SMILES string of the molecule is CC(C(N)=O)N1C[C@@H]2CCN(C(=O)Cc3c[nH]c4cnccc34)[C@@H]2C1. The molecule has 0 bridgehead atoms. The number of carbonyl (C=O) groups excluding carboxylic acids is 2. The summed E-state index contributed by atoms with van der Waals surface area (Å²) in [5.41, 5.74) is 7.39. The third-order valence-corrected chi connectivity index (χ3v) is 5.77. The molecule has 0 spiro atoms. The van der Waals surface area contributed by atoms with E-state index in [0.29, 0.717) is 12.3 Å². The summed E-state index contributed by atoms with van der Waals surface area (Å²) in [7, 11) is 0. The van der Waals surface area contributed by atoms with Gasteiger partial charge in [-0.05, 0) is 30.9 Å². The number of fused-ring (bicyclic) bond motifs is 2. The van der Waals surface area contributed by atoms with E-state index in [0.717, 1.165) is 42.5 Å². The number of nitrogens with one attached hydrogen (secondary N) is 1. The Labute approximate surface area is 146 Å². The molecule has 132 valence electrons. The van der Waals surface area contributed by atoms with E-state index in [-0.39, 0.29) is 23.9 Å². The molecule has 0 saturated carbocycles. The Kier molecular flexibility index (Phi) is 3.95. The number of hydrogen-bond donors (Lipinski definition) is 2. The Morgan fingerprint density at radius 1 is 1.44 bits per heavy atom. The van der Waals surface area contributed by atoms with E-state index in [1.54, 1.807) is 12.4 Å². The second-order valence-corrected chi connectivity index (χ2v) is 7.15. The van der Waals surface area contributed by atoms with Gasteiger partial charge in [-0.3, -0.25) is 19.5 Å². The number of H-pyrrole nitrogens is 1. The van der Waals surface area contributed by atoms with Crippen LogP contribution in [0.1, 0.15) is 18.9 Å². The number of amides is 2. The molecule has 2 aliphatic rings. The van der Waals surface area contributed by atoms with Gasteiger partial charge in [0, 0.05) is 43.5 Å². The summed E-state index contributed by atoms with van der Waals surface area (Å²) in [4.78, 5) is 35.7. The average Bonchev–Trinajstić information content (AvgIpc) is 3.28. The fourth-order valence-electron chi connectivity index (χ4n) is 4.24. The van der Waals surface area contributed by atoms with E-state index in [2.05, 4.69) is 14.9 Å². The smallest absolute Gasteiger partial charge is 0.234 e. The Balaban J connectivity index is 1.47. The van der Waals surface area contributed by atoms with E-state index >= 15 is 0 Å². The van der Waals surface area contributed by atoms with Gasteiger partial charge in [0.15, 0.2) is 0 Å². The first kappa shape index (κ1) is 16.1. The van der Waals surface area contributed by atoms with Crippen LogP contribution in [0.25, 0.3) is 10.9 Å². The molecule has 0 aliphatic carbocycles. The van der Waals surface area contributed by atoms with Gasteiger partial charge in [-0.1, -0.05) is 0 Å². The van der Waals surface area contributed by atoms with Gasteiger partial charge in [0.1, 0.15) is 0 Å². The number of rotatable bonds is 4. The summed E-state index contributed by atoms with van der Waals surface area (Å²) in [5, 5.41) is 1.05. The van der Waals surface area contributed by atoms with Crippen molar-refractivity contribution in [1.29, 1.82) is 0 Å². The predicted octanol–water partition coefficient (Wildman–Crippen LogP) is 0.512. The summed E-state index contributed by atoms with van der Waals surface area (Å²) in [5.74, 6) is 0.293. The highest BCUT2D eigenvalue weighted by molar-refractivity contribution is 5.88. The van der Waals surface area contributed by atoms with Crippen molar-refractivity contribution in [3.63, 3.8) is 0 Å². The molecule has 25 heavy (non-hydrogen) atoms. The van der Waals surface area contributed by atoms with Gasteiger partial charge < -0.3 is 15.6 Å². The fraction of sp³-hybridized carbons (Fsp3) is 0.500. The number of likely N-dealkylation sites (tertiary alicyclic amines) is 2. The van der Waals surface area contributed by atoms with Crippen LogP contribution in [-0.4, -0.2) is 63.3 Å². The molecule has 4 rings (SSSR count). The summed E-state index contributed by atoms with van der Waals surface area (Å²) < 4.78 is 0. The van der Waals surface area contributed by atoms with Crippen molar-refractivity contribution < 1.29 is 9.59 Å². The molecule has 2 amide bonds. The maximum absolute atomic E-state index is 12.9. The molecule has 0 aromatic carbocycles. The molecule has 3 N–H and O–H groups in total. The monoisotopic (exact) mass is 341 g/mol. The van der Waals surface area contributed by atoms with E-state index < -0.39 is 0 Å². The first-order valence-corrected chi connectivity index (χ1v) is 8.77. The standard InChI is InChI=1S/C18H23N5O2/c1-11(18(19)25)22-9-12-3-5-23(16(12)10-22)17(24)6-13-7-21-15-8-20-4-2-14(13)15/h2,4,7-8,11-12,16,21H,3,5-6,9-10H2,1H3,(H2,19,25)/t11?,12-,16+/m0/s1. The zero-order chi connectivity index (χ0) is 17.6. The second-order valence-electron chi connectivity index (χ2n) is 7.15. The molecule has 7 heteroatoms. The number of primary amides is 1. The fourth-order valence-corrected chi connectivity index (χ4v) is 4.24. The number of nitrogens with zero attached hydrogens (tertiary/aromatic N) is 3. The zero-order valence-corrected chi connectivity index (χ0v) is 14.3. The van der Waals surface area contributed by atoms with Gasteiger partial charge in [0.25, 0.3) is 0 Å². The minimum absolute atomic E-state index is 0.152. The molecule has 2 fully saturated rings. The van der Waals surface area contributed by atoms with Crippen LogP contribution in [0.3, 0.4) is 0 Å². The normalized spacial score (nSPS) is 24.6. The van der Waals surface area contributed by atoms with Crippen LogP contribution in [-0.2, 0) is 16.0 Å². The lowest BCUT2D eigenvalue weighted by Gasteiger charge is -2.26. The van der Waals surface area contributed by atoms with Crippen molar-refractivity contribution in [2.24, 2.45) is 11.7 Å². The molecule has 0 radical (unpaired) electrons. The van der Waals surface area contributed by atoms with Gasteiger partial charge in [0.05, 0.1) is 24.2 Å². The van der Waals surface area contributed by atoms with Crippen LogP contribution in [0.15, 0.2) is 24.7 Å². The molecule has 7 nitrogen and oxygen atoms in total. The lowest BCUT2D eigenvalue weighted by Crippen LogP contribution is -2.45. The van der Waals surface area contributed by atoms with Crippen LogP contribution in [0.2, 0.25) is 0 Å². The maximum Gasteiger partial charge on any atom is 0.234 e. The van der Waals surface area contributed by atoms with Gasteiger partial charge in [-0.2, -0.15) is 0 Å². The minimum Gasteiger partial charge on any atom is -0.368 e. The van der Waals surface area contributed by atoms with Crippen molar-refractivity contribution >= 4 is 22.7 Å². The zero-order valence-electron chi connectivity index (χ0n) is 14.3. The molecule has 3 atom stereocenters. The van der Waals surface area contributed by atoms with Crippen molar-refractivity contribution in [3.8, 4) is 0 Å². The van der Waals surface area contributed by atoms with Crippen molar-refractivity contribution in [1.82, 2.24) is 19.8 Å². The number of pyridine rings is 1. The molecule has 4 heterocycles. The van der Waals surface area contributed by atoms with Crippen molar-refractivity contribution in [3.05, 3.63) is 30.2 Å². The van der Waals surface area contributed by atoms with Gasteiger partial charge >= 0.3 is 0 Å². The largest absolute Gasteiger partial charge is 0.368 e. The van der Waals surface area contributed by atoms with Crippen LogP contribution >= 0.6 is 0 Å². The lowest BCUT2D eigenvalue weighted by molar-refractivity contribution is -0.131. The highest BCUT2D eigenvalue weighted by atomic mass is 16.2. The first-order valence-electron chi connectivity index (χ1n) is 8.77. The molecule has 2 saturated heterocycles. The average molecular weight is 341 g/mol. The Morgan fingerprint density at radius 2 is 2.28 bits per heavy atom. The highest BCUT2D eigenvalue weighted by Crippen LogP contribution is 2.33. The molecule has 2 aromatic heterocycles. The van der Waals surface area contributed by atoms with Gasteiger partial charge in [0.2, 0.25) is 11.8 Å². The topological polar surface area (TPSA) is 95.3 Å². The number of nitrogens with two attached hydrogens (primary N) is 1. The van der Waals surface area contributed by atoms with Gasteiger partial charge in [-0.15, -0.1) is 0 Å². The van der Waals surface area contributed by atoms with Crippen LogP contribution in [0.4, 0.5) is 0 Å². The third-order valence-electron chi connectivity index (χ3n) is 5.77. The molecule has 2 aromatic rings. The van der Waals surface area contributed by atoms with Crippen LogP contribution in [0, 0.1) is 5.92 Å². The van der Waals surface area contributed by atoms with Crippen molar-refractivity contribution in [2.45, 2.75) is 31.8 Å². The summed E-state index contributed by atoms with van der Waals surface area (Å²) in [6.07, 6.45) is 6.80. The van der Waals surface area contributed by atoms with Crippen LogP contribution < -0.4 is 5.73 Å². The second kappa shape index (κ2) is 6.15. The lowest BCUT2D eigenvalue weighted by atomic mass is 10.0. The molecule has 1 unspecified atom stereocenters. The summed E-state index contributed by atoms with van der Waals surface area (Å²) >= 11 is 0. The number of carbonyl (C=O) groups is 2. The van der Waals surface area contributed by atoms with E-state index in [1.165, 1.54) is 0 Å². The maximum atomic E-state index is 12.9. The van der Waals surface area contributed by atoms with E-state index in [4.69, 9.17) is 5.73 Å². The summed E-state index contributed by atoms with van der Waals surface area (Å²) in [6.45, 7) is 4.22. The predicted molar refractivity (Wildman–Crippen MR) is 93.6 cm³/mol. The molecular formula is C18H23N5O2. The first-order chi connectivity index (χ1) is 12.0. The van der Waals surface area contributed by atoms with Gasteiger partial charge in [-0.25, -0.2) is 0 Å². The summed E-state index contributed by atoms with van der Waals surface area (Å²) in [6, 6.07) is 1.86. The Morgan fingerprint density at radius 3 is 3.08 bits per heavy atom. The number of aromatic amines is 1. The third kappa shape index (κ3) is 2.78. The molecular weight excluding hydrogens is 318 g/mol. The van der Waals surface area contributed by atoms with Crippen LogP contribution in [0.5, 0.6) is 0 Å².